The second-order valence-electron chi connectivity index (χ2n) is 9.15. The van der Waals surface area contributed by atoms with Crippen molar-refractivity contribution < 1.29 is 9.59 Å². The van der Waals surface area contributed by atoms with E-state index in [1.807, 2.05) is 4.90 Å². The molecule has 2 heterocycles. The minimum atomic E-state index is 0.102. The summed E-state index contributed by atoms with van der Waals surface area (Å²) in [7, 11) is 0. The van der Waals surface area contributed by atoms with Crippen LogP contribution in [0.25, 0.3) is 0 Å². The van der Waals surface area contributed by atoms with Gasteiger partial charge in [-0.1, -0.05) is 25.7 Å². The van der Waals surface area contributed by atoms with Gasteiger partial charge >= 0.3 is 6.03 Å². The van der Waals surface area contributed by atoms with Gasteiger partial charge in [0.1, 0.15) is 0 Å². The van der Waals surface area contributed by atoms with Crippen LogP contribution in [-0.4, -0.2) is 66.5 Å². The number of amides is 3. The van der Waals surface area contributed by atoms with Gasteiger partial charge in [0.2, 0.25) is 5.91 Å². The lowest BCUT2D eigenvalue weighted by atomic mass is 9.93. The van der Waals surface area contributed by atoms with Gasteiger partial charge in [-0.05, 0) is 57.9 Å². The third-order valence-corrected chi connectivity index (χ3v) is 6.97. The summed E-state index contributed by atoms with van der Waals surface area (Å²) in [5.74, 6) is 0.586. The summed E-state index contributed by atoms with van der Waals surface area (Å²) in [6.45, 7) is 6.74. The van der Waals surface area contributed by atoms with Crippen molar-refractivity contribution in [3.05, 3.63) is 0 Å². The minimum absolute atomic E-state index is 0.102. The molecule has 1 atom stereocenters. The molecule has 1 unspecified atom stereocenters. The van der Waals surface area contributed by atoms with E-state index in [1.165, 1.54) is 45.1 Å². The van der Waals surface area contributed by atoms with Gasteiger partial charge in [-0.25, -0.2) is 4.79 Å². The van der Waals surface area contributed by atoms with Crippen molar-refractivity contribution in [1.29, 1.82) is 0 Å². The number of urea groups is 1. The Labute approximate surface area is 170 Å². The molecular formula is C22H40N4O2. The van der Waals surface area contributed by atoms with Crippen LogP contribution in [0.2, 0.25) is 0 Å². The normalized spacial score (nSPS) is 25.5. The second-order valence-corrected chi connectivity index (χ2v) is 9.15. The monoisotopic (exact) mass is 392 g/mol. The van der Waals surface area contributed by atoms with Gasteiger partial charge in [0, 0.05) is 44.7 Å². The molecule has 28 heavy (non-hydrogen) atoms. The van der Waals surface area contributed by atoms with Gasteiger partial charge in [-0.2, -0.15) is 0 Å². The number of likely N-dealkylation sites (tertiary alicyclic amines) is 2. The molecule has 0 aromatic carbocycles. The topological polar surface area (TPSA) is 64.7 Å². The molecular weight excluding hydrogens is 352 g/mol. The zero-order chi connectivity index (χ0) is 19.8. The van der Waals surface area contributed by atoms with Crippen LogP contribution < -0.4 is 10.6 Å². The lowest BCUT2D eigenvalue weighted by molar-refractivity contribution is -0.122. The minimum Gasteiger partial charge on any atom is -0.355 e. The maximum atomic E-state index is 12.4. The van der Waals surface area contributed by atoms with Gasteiger partial charge in [-0.3, -0.25) is 9.69 Å². The molecule has 3 fully saturated rings. The summed E-state index contributed by atoms with van der Waals surface area (Å²) in [5.41, 5.74) is 0. The van der Waals surface area contributed by atoms with E-state index in [0.29, 0.717) is 24.4 Å². The molecule has 2 aliphatic heterocycles. The zero-order valence-electron chi connectivity index (χ0n) is 17.8. The quantitative estimate of drug-likeness (QED) is 0.730. The molecule has 2 N–H and O–H groups in total. The highest BCUT2D eigenvalue weighted by Gasteiger charge is 2.26. The van der Waals surface area contributed by atoms with Crippen molar-refractivity contribution in [3.63, 3.8) is 0 Å². The molecule has 1 aliphatic carbocycles. The van der Waals surface area contributed by atoms with Crippen LogP contribution in [0, 0.1) is 5.92 Å². The number of piperidine rings is 2. The van der Waals surface area contributed by atoms with E-state index < -0.39 is 0 Å². The summed E-state index contributed by atoms with van der Waals surface area (Å²) in [6, 6.07) is 1.12. The third-order valence-electron chi connectivity index (χ3n) is 6.97. The summed E-state index contributed by atoms with van der Waals surface area (Å²) in [5, 5.41) is 6.32. The van der Waals surface area contributed by atoms with Crippen LogP contribution >= 0.6 is 0 Å². The van der Waals surface area contributed by atoms with E-state index in [1.54, 1.807) is 0 Å². The summed E-state index contributed by atoms with van der Waals surface area (Å²) < 4.78 is 0. The lowest BCUT2D eigenvalue weighted by Crippen LogP contribution is -2.48. The molecule has 3 aliphatic rings. The summed E-state index contributed by atoms with van der Waals surface area (Å²) >= 11 is 0. The predicted molar refractivity (Wildman–Crippen MR) is 112 cm³/mol. The zero-order valence-corrected chi connectivity index (χ0v) is 17.8. The number of hydrogen-bond acceptors (Lipinski definition) is 3. The number of carbonyl (C=O) groups is 2. The fraction of sp³-hybridized carbons (Fsp3) is 0.909. The van der Waals surface area contributed by atoms with Gasteiger partial charge in [-0.15, -0.1) is 0 Å². The van der Waals surface area contributed by atoms with Gasteiger partial charge in [0.05, 0.1) is 0 Å². The van der Waals surface area contributed by atoms with E-state index in [9.17, 15) is 9.59 Å². The van der Waals surface area contributed by atoms with Gasteiger partial charge in [0.25, 0.3) is 0 Å². The smallest absolute Gasteiger partial charge is 0.317 e. The average Bonchev–Trinajstić information content (AvgIpc) is 2.71. The molecule has 0 spiro atoms. The highest BCUT2D eigenvalue weighted by molar-refractivity contribution is 5.76. The highest BCUT2D eigenvalue weighted by Crippen LogP contribution is 2.22. The highest BCUT2D eigenvalue weighted by atomic mass is 16.2. The Morgan fingerprint density at radius 3 is 2.32 bits per heavy atom. The van der Waals surface area contributed by atoms with Crippen molar-refractivity contribution in [2.75, 3.05) is 32.7 Å². The summed E-state index contributed by atoms with van der Waals surface area (Å²) in [4.78, 5) is 29.2. The largest absolute Gasteiger partial charge is 0.355 e. The first-order chi connectivity index (χ1) is 13.6. The van der Waals surface area contributed by atoms with Crippen molar-refractivity contribution in [2.24, 2.45) is 5.92 Å². The second kappa shape index (κ2) is 11.0. The number of rotatable bonds is 6. The Bertz CT molecular complexity index is 499. The first kappa shape index (κ1) is 21.4. The standard InChI is InChI=1S/C22H40N4O2/c1-18-7-5-6-13-25(18)16-12-23-21(27)17-19-10-14-26(15-11-19)22(28)24-20-8-3-2-4-9-20/h18-20H,2-17H2,1H3,(H,23,27)(H,24,28). The van der Waals surface area contributed by atoms with Crippen molar-refractivity contribution in [1.82, 2.24) is 20.4 Å². The lowest BCUT2D eigenvalue weighted by Gasteiger charge is -2.34. The third kappa shape index (κ3) is 6.64. The van der Waals surface area contributed by atoms with E-state index in [0.717, 1.165) is 51.9 Å². The van der Waals surface area contributed by atoms with E-state index >= 15 is 0 Å². The van der Waals surface area contributed by atoms with Crippen molar-refractivity contribution >= 4 is 11.9 Å². The fourth-order valence-electron chi connectivity index (χ4n) is 5.02. The number of nitrogens with zero attached hydrogens (tertiary/aromatic N) is 2. The average molecular weight is 393 g/mol. The Morgan fingerprint density at radius 1 is 0.893 bits per heavy atom. The van der Waals surface area contributed by atoms with E-state index in [2.05, 4.69) is 22.5 Å². The van der Waals surface area contributed by atoms with Crippen LogP contribution in [0.3, 0.4) is 0 Å². The SMILES string of the molecule is CC1CCCCN1CCNC(=O)CC1CCN(C(=O)NC2CCCCC2)CC1. The Balaban J connectivity index is 1.28. The number of carbonyl (C=O) groups excluding carboxylic acids is 2. The van der Waals surface area contributed by atoms with E-state index in [4.69, 9.17) is 0 Å². The molecule has 6 nitrogen and oxygen atoms in total. The van der Waals surface area contributed by atoms with Crippen LogP contribution in [-0.2, 0) is 4.79 Å². The van der Waals surface area contributed by atoms with Crippen LogP contribution in [0.1, 0.15) is 77.6 Å². The number of hydrogen-bond donors (Lipinski definition) is 2. The molecule has 3 rings (SSSR count). The number of nitrogens with one attached hydrogen (secondary N) is 2. The van der Waals surface area contributed by atoms with Crippen molar-refractivity contribution in [3.8, 4) is 0 Å². The Morgan fingerprint density at radius 2 is 1.61 bits per heavy atom. The first-order valence-corrected chi connectivity index (χ1v) is 11.7. The fourth-order valence-corrected chi connectivity index (χ4v) is 5.02. The Kier molecular flexibility index (Phi) is 8.44. The maximum Gasteiger partial charge on any atom is 0.317 e. The molecule has 6 heteroatoms. The molecule has 2 saturated heterocycles. The van der Waals surface area contributed by atoms with Gasteiger partial charge in [0.15, 0.2) is 0 Å². The molecule has 0 aromatic heterocycles. The summed E-state index contributed by atoms with van der Waals surface area (Å²) in [6.07, 6.45) is 12.4. The van der Waals surface area contributed by atoms with Crippen molar-refractivity contribution in [2.45, 2.75) is 89.6 Å². The van der Waals surface area contributed by atoms with Crippen LogP contribution in [0.4, 0.5) is 4.79 Å². The molecule has 0 bridgehead atoms. The first-order valence-electron chi connectivity index (χ1n) is 11.7. The molecule has 0 radical (unpaired) electrons. The molecule has 1 saturated carbocycles. The Hall–Kier alpha value is -1.30. The maximum absolute atomic E-state index is 12.4. The van der Waals surface area contributed by atoms with Crippen LogP contribution in [0.15, 0.2) is 0 Å². The molecule has 160 valence electrons. The molecule has 3 amide bonds. The van der Waals surface area contributed by atoms with E-state index in [-0.39, 0.29) is 11.9 Å². The molecule has 0 aromatic rings. The van der Waals surface area contributed by atoms with Gasteiger partial charge < -0.3 is 15.5 Å². The predicted octanol–water partition coefficient (Wildman–Crippen LogP) is 3.12. The van der Waals surface area contributed by atoms with Crippen LogP contribution in [0.5, 0.6) is 0 Å².